The fraction of sp³-hybridized carbons (Fsp3) is 0.583. The highest BCUT2D eigenvalue weighted by molar-refractivity contribution is 9.10. The molecule has 1 fully saturated rings. The Balaban J connectivity index is 1.93. The van der Waals surface area contributed by atoms with Crippen LogP contribution in [0, 0.1) is 5.92 Å². The average molecular weight is 317 g/mol. The van der Waals surface area contributed by atoms with Crippen LogP contribution in [0.4, 0.5) is 0 Å². The zero-order chi connectivity index (χ0) is 12.3. The van der Waals surface area contributed by atoms with E-state index in [0.717, 1.165) is 29.0 Å². The maximum absolute atomic E-state index is 12.2. The lowest BCUT2D eigenvalue weighted by molar-refractivity contribution is 0.0767. The van der Waals surface area contributed by atoms with Gasteiger partial charge in [-0.3, -0.25) is 4.79 Å². The zero-order valence-electron chi connectivity index (χ0n) is 9.91. The van der Waals surface area contributed by atoms with Gasteiger partial charge in [-0.1, -0.05) is 0 Å². The van der Waals surface area contributed by atoms with Crippen molar-refractivity contribution in [3.63, 3.8) is 0 Å². The third-order valence-electron chi connectivity index (χ3n) is 3.15. The van der Waals surface area contributed by atoms with Crippen molar-refractivity contribution in [3.05, 3.63) is 20.8 Å². The predicted molar refractivity (Wildman–Crippen MR) is 74.6 cm³/mol. The largest absolute Gasteiger partial charge is 0.341 e. The lowest BCUT2D eigenvalue weighted by Crippen LogP contribution is -2.37. The average Bonchev–Trinajstić information content (AvgIpc) is 2.76. The van der Waals surface area contributed by atoms with Gasteiger partial charge < -0.3 is 10.2 Å². The number of nitrogens with zero attached hydrogens (tertiary/aromatic N) is 1. The van der Waals surface area contributed by atoms with Crippen LogP contribution in [0.25, 0.3) is 0 Å². The SMILES string of the molecule is CN(CC1CCNCC1)C(=O)c1sccc1Br. The van der Waals surface area contributed by atoms with Gasteiger partial charge in [-0.05, 0) is 59.2 Å². The summed E-state index contributed by atoms with van der Waals surface area (Å²) in [6.45, 7) is 3.02. The van der Waals surface area contributed by atoms with Crippen molar-refractivity contribution in [1.82, 2.24) is 10.2 Å². The summed E-state index contributed by atoms with van der Waals surface area (Å²) in [7, 11) is 1.90. The molecule has 1 amide bonds. The number of hydrogen-bond acceptors (Lipinski definition) is 3. The molecule has 1 aromatic heterocycles. The number of nitrogens with one attached hydrogen (secondary N) is 1. The molecule has 0 spiro atoms. The Hall–Kier alpha value is -0.390. The van der Waals surface area contributed by atoms with Crippen LogP contribution < -0.4 is 5.32 Å². The normalized spacial score (nSPS) is 17.1. The van der Waals surface area contributed by atoms with E-state index in [0.29, 0.717) is 5.92 Å². The fourth-order valence-electron chi connectivity index (χ4n) is 2.15. The summed E-state index contributed by atoms with van der Waals surface area (Å²) in [5, 5.41) is 5.29. The van der Waals surface area contributed by atoms with Gasteiger partial charge in [0.05, 0.1) is 0 Å². The van der Waals surface area contributed by atoms with Crippen molar-refractivity contribution in [2.75, 3.05) is 26.7 Å². The van der Waals surface area contributed by atoms with E-state index in [-0.39, 0.29) is 5.91 Å². The molecule has 3 nitrogen and oxygen atoms in total. The van der Waals surface area contributed by atoms with Gasteiger partial charge in [0.15, 0.2) is 0 Å². The highest BCUT2D eigenvalue weighted by atomic mass is 79.9. The molecular formula is C12H17BrN2OS. The molecule has 0 unspecified atom stereocenters. The van der Waals surface area contributed by atoms with Crippen molar-refractivity contribution < 1.29 is 4.79 Å². The first-order valence-corrected chi connectivity index (χ1v) is 7.55. The van der Waals surface area contributed by atoms with E-state index in [1.165, 1.54) is 24.2 Å². The number of thiophene rings is 1. The van der Waals surface area contributed by atoms with Crippen LogP contribution in [0.5, 0.6) is 0 Å². The summed E-state index contributed by atoms with van der Waals surface area (Å²) in [4.78, 5) is 14.9. The standard InChI is InChI=1S/C12H17BrN2OS/c1-15(8-9-2-5-14-6-3-9)12(16)11-10(13)4-7-17-11/h4,7,9,14H,2-3,5-6,8H2,1H3. The van der Waals surface area contributed by atoms with E-state index in [2.05, 4.69) is 21.2 Å². The second kappa shape index (κ2) is 5.98. The van der Waals surface area contributed by atoms with Crippen molar-refractivity contribution in [2.24, 2.45) is 5.92 Å². The number of rotatable bonds is 3. The van der Waals surface area contributed by atoms with E-state index in [1.54, 1.807) is 0 Å². The molecule has 0 aliphatic carbocycles. The minimum atomic E-state index is 0.130. The summed E-state index contributed by atoms with van der Waals surface area (Å²) in [6, 6.07) is 1.93. The van der Waals surface area contributed by atoms with Crippen molar-refractivity contribution in [3.8, 4) is 0 Å². The number of halogens is 1. The van der Waals surface area contributed by atoms with Gasteiger partial charge in [0.2, 0.25) is 0 Å². The maximum Gasteiger partial charge on any atom is 0.264 e. The minimum Gasteiger partial charge on any atom is -0.341 e. The smallest absolute Gasteiger partial charge is 0.264 e. The van der Waals surface area contributed by atoms with Crippen LogP contribution >= 0.6 is 27.3 Å². The molecule has 0 radical (unpaired) electrons. The summed E-state index contributed by atoms with van der Waals surface area (Å²) >= 11 is 4.91. The number of piperidine rings is 1. The van der Waals surface area contributed by atoms with E-state index in [1.807, 2.05) is 23.4 Å². The van der Waals surface area contributed by atoms with E-state index in [4.69, 9.17) is 0 Å². The Morgan fingerprint density at radius 2 is 2.29 bits per heavy atom. The first-order valence-electron chi connectivity index (χ1n) is 5.87. The first kappa shape index (κ1) is 13.1. The second-order valence-corrected chi connectivity index (χ2v) is 6.25. The maximum atomic E-state index is 12.2. The summed E-state index contributed by atoms with van der Waals surface area (Å²) in [5.74, 6) is 0.773. The third kappa shape index (κ3) is 3.30. The summed E-state index contributed by atoms with van der Waals surface area (Å²) < 4.78 is 0.907. The van der Waals surface area contributed by atoms with Gasteiger partial charge in [0.25, 0.3) is 5.91 Å². The van der Waals surface area contributed by atoms with Crippen LogP contribution in [0.15, 0.2) is 15.9 Å². The second-order valence-electron chi connectivity index (χ2n) is 4.48. The molecule has 2 heterocycles. The Morgan fingerprint density at radius 3 is 2.88 bits per heavy atom. The Bertz CT molecular complexity index is 388. The molecule has 1 saturated heterocycles. The Labute approximate surface area is 114 Å². The highest BCUT2D eigenvalue weighted by Gasteiger charge is 2.20. The van der Waals surface area contributed by atoms with Gasteiger partial charge in [-0.2, -0.15) is 0 Å². The summed E-state index contributed by atoms with van der Waals surface area (Å²) in [5.41, 5.74) is 0. The lowest BCUT2D eigenvalue weighted by Gasteiger charge is -2.27. The molecule has 5 heteroatoms. The topological polar surface area (TPSA) is 32.3 Å². The first-order chi connectivity index (χ1) is 8.18. The number of carbonyl (C=O) groups is 1. The van der Waals surface area contributed by atoms with Crippen LogP contribution in [0.3, 0.4) is 0 Å². The van der Waals surface area contributed by atoms with Gasteiger partial charge in [0.1, 0.15) is 4.88 Å². The molecule has 0 atom stereocenters. The van der Waals surface area contributed by atoms with Gasteiger partial charge in [-0.25, -0.2) is 0 Å². The molecule has 2 rings (SSSR count). The van der Waals surface area contributed by atoms with Crippen LogP contribution in [0.1, 0.15) is 22.5 Å². The molecule has 1 N–H and O–H groups in total. The molecule has 0 saturated carbocycles. The van der Waals surface area contributed by atoms with Gasteiger partial charge in [0, 0.05) is 18.1 Å². The molecule has 0 aromatic carbocycles. The van der Waals surface area contributed by atoms with E-state index >= 15 is 0 Å². The van der Waals surface area contributed by atoms with Gasteiger partial charge >= 0.3 is 0 Å². The van der Waals surface area contributed by atoms with Gasteiger partial charge in [-0.15, -0.1) is 11.3 Å². The zero-order valence-corrected chi connectivity index (χ0v) is 12.3. The number of carbonyl (C=O) groups excluding carboxylic acids is 1. The molecule has 1 aromatic rings. The molecular weight excluding hydrogens is 300 g/mol. The fourth-order valence-corrected chi connectivity index (χ4v) is 3.69. The molecule has 94 valence electrons. The third-order valence-corrected chi connectivity index (χ3v) is 4.97. The number of hydrogen-bond donors (Lipinski definition) is 1. The lowest BCUT2D eigenvalue weighted by atomic mass is 9.98. The van der Waals surface area contributed by atoms with Crippen molar-refractivity contribution in [1.29, 1.82) is 0 Å². The van der Waals surface area contributed by atoms with E-state index < -0.39 is 0 Å². The predicted octanol–water partition coefficient (Wildman–Crippen LogP) is 2.58. The molecule has 1 aliphatic heterocycles. The van der Waals surface area contributed by atoms with Crippen molar-refractivity contribution in [2.45, 2.75) is 12.8 Å². The minimum absolute atomic E-state index is 0.130. The Morgan fingerprint density at radius 1 is 1.59 bits per heavy atom. The van der Waals surface area contributed by atoms with Crippen LogP contribution in [-0.4, -0.2) is 37.5 Å². The molecule has 17 heavy (non-hydrogen) atoms. The molecule has 0 bridgehead atoms. The Kier molecular flexibility index (Phi) is 4.59. The van der Waals surface area contributed by atoms with Crippen molar-refractivity contribution >= 4 is 33.2 Å². The molecule has 1 aliphatic rings. The number of amides is 1. The van der Waals surface area contributed by atoms with Crippen LogP contribution in [-0.2, 0) is 0 Å². The van der Waals surface area contributed by atoms with E-state index in [9.17, 15) is 4.79 Å². The quantitative estimate of drug-likeness (QED) is 0.929. The monoisotopic (exact) mass is 316 g/mol. The highest BCUT2D eigenvalue weighted by Crippen LogP contribution is 2.24. The van der Waals surface area contributed by atoms with Crippen LogP contribution in [0.2, 0.25) is 0 Å². The summed E-state index contributed by atoms with van der Waals surface area (Å²) in [6.07, 6.45) is 2.34.